The lowest BCUT2D eigenvalue weighted by atomic mass is 10.1. The molecule has 0 unspecified atom stereocenters. The summed E-state index contributed by atoms with van der Waals surface area (Å²) in [6.07, 6.45) is 0. The number of ether oxygens (including phenoxy) is 1. The molecule has 0 fully saturated rings. The smallest absolute Gasteiger partial charge is 0.362 e. The van der Waals surface area contributed by atoms with Crippen LogP contribution >= 0.6 is 0 Å². The van der Waals surface area contributed by atoms with Crippen LogP contribution in [-0.4, -0.2) is 27.5 Å². The van der Waals surface area contributed by atoms with Gasteiger partial charge in [-0.3, -0.25) is 4.68 Å². The number of nitrogens with zero attached hydrogens (tertiary/aromatic N) is 2. The minimum Gasteiger partial charge on any atom is -0.504 e. The van der Waals surface area contributed by atoms with Gasteiger partial charge in [0.25, 0.3) is 0 Å². The fourth-order valence-corrected chi connectivity index (χ4v) is 1.88. The fraction of sp³-hybridized carbons (Fsp3) is 0.286. The Morgan fingerprint density at radius 3 is 2.58 bits per heavy atom. The van der Waals surface area contributed by atoms with Gasteiger partial charge in [0.2, 0.25) is 5.69 Å². The first kappa shape index (κ1) is 13.1. The standard InChI is InChI=1S/C14H16N2O3/c1-4-19-14(18)11-13(17)12(16(3)15-11)10-7-5-9(2)6-8-10/h5-8,17H,4H2,1-3H3. The lowest BCUT2D eigenvalue weighted by Gasteiger charge is -2.03. The lowest BCUT2D eigenvalue weighted by Crippen LogP contribution is -2.06. The molecular weight excluding hydrogens is 244 g/mol. The Bertz CT molecular complexity index is 600. The van der Waals surface area contributed by atoms with E-state index >= 15 is 0 Å². The molecule has 2 rings (SSSR count). The summed E-state index contributed by atoms with van der Waals surface area (Å²) in [4.78, 5) is 11.7. The topological polar surface area (TPSA) is 64.3 Å². The largest absolute Gasteiger partial charge is 0.504 e. The number of esters is 1. The minimum atomic E-state index is -0.617. The summed E-state index contributed by atoms with van der Waals surface area (Å²) in [5.74, 6) is -0.765. The van der Waals surface area contributed by atoms with Gasteiger partial charge in [-0.05, 0) is 13.8 Å². The second-order valence-electron chi connectivity index (χ2n) is 4.26. The molecule has 0 saturated carbocycles. The molecule has 0 bridgehead atoms. The van der Waals surface area contributed by atoms with Crippen molar-refractivity contribution >= 4 is 5.97 Å². The van der Waals surface area contributed by atoms with Crippen molar-refractivity contribution in [1.29, 1.82) is 0 Å². The fourth-order valence-electron chi connectivity index (χ4n) is 1.88. The number of benzene rings is 1. The van der Waals surface area contributed by atoms with Crippen molar-refractivity contribution in [3.05, 3.63) is 35.5 Å². The summed E-state index contributed by atoms with van der Waals surface area (Å²) >= 11 is 0. The maximum atomic E-state index is 11.7. The molecule has 100 valence electrons. The highest BCUT2D eigenvalue weighted by atomic mass is 16.5. The molecule has 0 aliphatic carbocycles. The maximum absolute atomic E-state index is 11.7. The van der Waals surface area contributed by atoms with Crippen molar-refractivity contribution in [2.24, 2.45) is 7.05 Å². The number of hydrogen-bond acceptors (Lipinski definition) is 4. The summed E-state index contributed by atoms with van der Waals surface area (Å²) in [6.45, 7) is 3.93. The second kappa shape index (κ2) is 5.14. The summed E-state index contributed by atoms with van der Waals surface area (Å²) in [7, 11) is 1.68. The average molecular weight is 260 g/mol. The normalized spacial score (nSPS) is 10.5. The van der Waals surface area contributed by atoms with Gasteiger partial charge in [-0.2, -0.15) is 5.10 Å². The lowest BCUT2D eigenvalue weighted by molar-refractivity contribution is 0.0515. The molecule has 0 aliphatic heterocycles. The van der Waals surface area contributed by atoms with Gasteiger partial charge >= 0.3 is 5.97 Å². The van der Waals surface area contributed by atoms with Gasteiger partial charge in [-0.1, -0.05) is 29.8 Å². The zero-order chi connectivity index (χ0) is 14.0. The third kappa shape index (κ3) is 2.45. The molecule has 1 heterocycles. The molecule has 2 aromatic rings. The predicted molar refractivity (Wildman–Crippen MR) is 71.0 cm³/mol. The Kier molecular flexibility index (Phi) is 3.55. The van der Waals surface area contributed by atoms with Crippen LogP contribution in [0.25, 0.3) is 11.3 Å². The SMILES string of the molecule is CCOC(=O)c1nn(C)c(-c2ccc(C)cc2)c1O. The van der Waals surface area contributed by atoms with Crippen molar-refractivity contribution in [2.45, 2.75) is 13.8 Å². The number of aromatic hydroxyl groups is 1. The zero-order valence-electron chi connectivity index (χ0n) is 11.2. The maximum Gasteiger partial charge on any atom is 0.362 e. The van der Waals surface area contributed by atoms with Gasteiger partial charge in [-0.15, -0.1) is 0 Å². The average Bonchev–Trinajstić information content (AvgIpc) is 2.67. The van der Waals surface area contributed by atoms with E-state index in [-0.39, 0.29) is 18.1 Å². The van der Waals surface area contributed by atoms with Crippen LogP contribution < -0.4 is 0 Å². The molecule has 1 aromatic carbocycles. The molecular formula is C14H16N2O3. The van der Waals surface area contributed by atoms with Crippen molar-refractivity contribution < 1.29 is 14.6 Å². The third-order valence-corrected chi connectivity index (χ3v) is 2.82. The van der Waals surface area contributed by atoms with Gasteiger partial charge in [-0.25, -0.2) is 4.79 Å². The monoisotopic (exact) mass is 260 g/mol. The van der Waals surface area contributed by atoms with Crippen LogP contribution in [0.3, 0.4) is 0 Å². The van der Waals surface area contributed by atoms with Crippen LogP contribution in [0.4, 0.5) is 0 Å². The Morgan fingerprint density at radius 2 is 2.00 bits per heavy atom. The molecule has 1 aromatic heterocycles. The number of carbonyl (C=O) groups is 1. The van der Waals surface area contributed by atoms with Gasteiger partial charge in [0, 0.05) is 12.6 Å². The van der Waals surface area contributed by atoms with Crippen LogP contribution in [-0.2, 0) is 11.8 Å². The van der Waals surface area contributed by atoms with Crippen LogP contribution in [0, 0.1) is 6.92 Å². The quantitative estimate of drug-likeness (QED) is 0.860. The van der Waals surface area contributed by atoms with E-state index in [1.165, 1.54) is 4.68 Å². The molecule has 1 N–H and O–H groups in total. The molecule has 19 heavy (non-hydrogen) atoms. The molecule has 0 atom stereocenters. The summed E-state index contributed by atoms with van der Waals surface area (Å²) in [5.41, 5.74) is 2.37. The molecule has 5 nitrogen and oxygen atoms in total. The Labute approximate surface area is 111 Å². The molecule has 0 saturated heterocycles. The number of hydrogen-bond donors (Lipinski definition) is 1. The van der Waals surface area contributed by atoms with Crippen LogP contribution in [0.1, 0.15) is 23.0 Å². The van der Waals surface area contributed by atoms with E-state index in [9.17, 15) is 9.90 Å². The van der Waals surface area contributed by atoms with Crippen molar-refractivity contribution in [2.75, 3.05) is 6.61 Å². The van der Waals surface area contributed by atoms with E-state index < -0.39 is 5.97 Å². The highest BCUT2D eigenvalue weighted by Gasteiger charge is 2.23. The molecule has 5 heteroatoms. The zero-order valence-corrected chi connectivity index (χ0v) is 11.2. The van der Waals surface area contributed by atoms with E-state index in [2.05, 4.69) is 5.10 Å². The first-order valence-corrected chi connectivity index (χ1v) is 6.04. The first-order valence-electron chi connectivity index (χ1n) is 6.04. The van der Waals surface area contributed by atoms with Crippen LogP contribution in [0.5, 0.6) is 5.75 Å². The minimum absolute atomic E-state index is 0.0556. The first-order chi connectivity index (χ1) is 9.04. The number of carbonyl (C=O) groups excluding carboxylic acids is 1. The Balaban J connectivity index is 2.47. The Hall–Kier alpha value is -2.30. The second-order valence-corrected chi connectivity index (χ2v) is 4.26. The highest BCUT2D eigenvalue weighted by Crippen LogP contribution is 2.32. The summed E-state index contributed by atoms with van der Waals surface area (Å²) in [5, 5.41) is 14.2. The van der Waals surface area contributed by atoms with Gasteiger partial charge in [0.05, 0.1) is 6.61 Å². The summed E-state index contributed by atoms with van der Waals surface area (Å²) < 4.78 is 6.34. The van der Waals surface area contributed by atoms with Crippen LogP contribution in [0.15, 0.2) is 24.3 Å². The van der Waals surface area contributed by atoms with E-state index in [1.54, 1.807) is 14.0 Å². The molecule has 0 spiro atoms. The Morgan fingerprint density at radius 1 is 1.37 bits per heavy atom. The number of aryl methyl sites for hydroxylation is 2. The van der Waals surface area contributed by atoms with E-state index in [1.807, 2.05) is 31.2 Å². The number of rotatable bonds is 3. The third-order valence-electron chi connectivity index (χ3n) is 2.82. The van der Waals surface area contributed by atoms with Crippen molar-refractivity contribution in [1.82, 2.24) is 9.78 Å². The van der Waals surface area contributed by atoms with Gasteiger partial charge < -0.3 is 9.84 Å². The van der Waals surface area contributed by atoms with Crippen molar-refractivity contribution in [3.63, 3.8) is 0 Å². The van der Waals surface area contributed by atoms with E-state index in [0.717, 1.165) is 11.1 Å². The molecule has 0 radical (unpaired) electrons. The summed E-state index contributed by atoms with van der Waals surface area (Å²) in [6, 6.07) is 7.62. The van der Waals surface area contributed by atoms with Gasteiger partial charge in [0.15, 0.2) is 5.75 Å². The van der Waals surface area contributed by atoms with Crippen LogP contribution in [0.2, 0.25) is 0 Å². The van der Waals surface area contributed by atoms with Gasteiger partial charge in [0.1, 0.15) is 5.69 Å². The van der Waals surface area contributed by atoms with Crippen molar-refractivity contribution in [3.8, 4) is 17.0 Å². The highest BCUT2D eigenvalue weighted by molar-refractivity contribution is 5.93. The molecule has 0 amide bonds. The molecule has 0 aliphatic rings. The van der Waals surface area contributed by atoms with E-state index in [4.69, 9.17) is 4.74 Å². The van der Waals surface area contributed by atoms with E-state index in [0.29, 0.717) is 5.69 Å². The predicted octanol–water partition coefficient (Wildman–Crippen LogP) is 2.28. The number of aromatic nitrogens is 2.